The molecule has 0 unspecified atom stereocenters. The molecule has 27 heavy (non-hydrogen) atoms. The lowest BCUT2D eigenvalue weighted by molar-refractivity contribution is 0.0864. The first-order valence-corrected chi connectivity index (χ1v) is 11.8. The molecule has 1 aromatic carbocycles. The van der Waals surface area contributed by atoms with Crippen LogP contribution in [-0.4, -0.2) is 57.0 Å². The molecule has 1 spiro atoms. The highest BCUT2D eigenvalue weighted by atomic mass is 32.2. The summed E-state index contributed by atoms with van der Waals surface area (Å²) < 4.78 is 33.7. The van der Waals surface area contributed by atoms with Crippen LogP contribution in [0.15, 0.2) is 52.1 Å². The third-order valence-corrected chi connectivity index (χ3v) is 8.87. The fourth-order valence-corrected chi connectivity index (χ4v) is 6.98. The first-order valence-electron chi connectivity index (χ1n) is 9.51. The average molecular weight is 407 g/mol. The Morgan fingerprint density at radius 2 is 1.89 bits per heavy atom. The van der Waals surface area contributed by atoms with E-state index in [0.29, 0.717) is 23.9 Å². The SMILES string of the molecule is O=S(=O)(c1cccs1)N1CC[C@]2(CCCN(CCOc3ccccc3)C2)C1. The van der Waals surface area contributed by atoms with E-state index >= 15 is 0 Å². The van der Waals surface area contributed by atoms with Crippen molar-refractivity contribution in [2.24, 2.45) is 5.41 Å². The Hall–Kier alpha value is -1.41. The van der Waals surface area contributed by atoms with E-state index in [1.54, 1.807) is 16.4 Å². The highest BCUT2D eigenvalue weighted by Gasteiger charge is 2.45. The van der Waals surface area contributed by atoms with Crippen molar-refractivity contribution in [1.82, 2.24) is 9.21 Å². The molecule has 2 aliphatic heterocycles. The molecular weight excluding hydrogens is 380 g/mol. The van der Waals surface area contributed by atoms with Crippen molar-refractivity contribution in [1.29, 1.82) is 0 Å². The van der Waals surface area contributed by atoms with Crippen LogP contribution in [0.2, 0.25) is 0 Å². The Bertz CT molecular complexity index is 839. The van der Waals surface area contributed by atoms with E-state index in [9.17, 15) is 8.42 Å². The van der Waals surface area contributed by atoms with Crippen molar-refractivity contribution in [2.45, 2.75) is 23.5 Å². The number of nitrogens with zero attached hydrogens (tertiary/aromatic N) is 2. The van der Waals surface area contributed by atoms with E-state index in [-0.39, 0.29) is 5.41 Å². The number of hydrogen-bond acceptors (Lipinski definition) is 5. The molecule has 2 aromatic rings. The zero-order valence-corrected chi connectivity index (χ0v) is 17.1. The van der Waals surface area contributed by atoms with Crippen molar-refractivity contribution >= 4 is 21.4 Å². The number of likely N-dealkylation sites (tertiary alicyclic amines) is 1. The summed E-state index contributed by atoms with van der Waals surface area (Å²) in [4.78, 5) is 2.44. The molecule has 146 valence electrons. The molecule has 0 amide bonds. The van der Waals surface area contributed by atoms with Gasteiger partial charge in [-0.05, 0) is 54.8 Å². The lowest BCUT2D eigenvalue weighted by Crippen LogP contribution is -2.46. The summed E-state index contributed by atoms with van der Waals surface area (Å²) in [7, 11) is -3.33. The molecule has 2 fully saturated rings. The van der Waals surface area contributed by atoms with Crippen LogP contribution in [0.25, 0.3) is 0 Å². The van der Waals surface area contributed by atoms with Gasteiger partial charge < -0.3 is 4.74 Å². The first kappa shape index (κ1) is 18.9. The van der Waals surface area contributed by atoms with Gasteiger partial charge in [-0.1, -0.05) is 24.3 Å². The molecule has 4 rings (SSSR count). The fraction of sp³-hybridized carbons (Fsp3) is 0.500. The normalized spacial score (nSPS) is 24.4. The molecule has 0 aliphatic carbocycles. The standard InChI is InChI=1S/C20H26N2O3S2/c23-27(24,19-8-4-15-26-19)22-12-10-20(17-22)9-5-11-21(16-20)13-14-25-18-6-2-1-3-7-18/h1-4,6-8,15H,5,9-14,16-17H2/t20-/m0/s1. The van der Waals surface area contributed by atoms with Crippen molar-refractivity contribution in [3.05, 3.63) is 47.8 Å². The summed E-state index contributed by atoms with van der Waals surface area (Å²) in [6.07, 6.45) is 3.19. The van der Waals surface area contributed by atoms with E-state index in [2.05, 4.69) is 4.90 Å². The second-order valence-corrected chi connectivity index (χ2v) is 10.7. The largest absolute Gasteiger partial charge is 0.492 e. The Morgan fingerprint density at radius 1 is 1.04 bits per heavy atom. The second-order valence-electron chi connectivity index (χ2n) is 7.56. The lowest BCUT2D eigenvalue weighted by atomic mass is 9.79. The minimum Gasteiger partial charge on any atom is -0.492 e. The minimum atomic E-state index is -3.33. The van der Waals surface area contributed by atoms with Gasteiger partial charge in [0.05, 0.1) is 0 Å². The number of thiophene rings is 1. The van der Waals surface area contributed by atoms with Gasteiger partial charge in [-0.15, -0.1) is 11.3 Å². The molecule has 2 aliphatic rings. The van der Waals surface area contributed by atoms with Crippen molar-refractivity contribution in [3.63, 3.8) is 0 Å². The van der Waals surface area contributed by atoms with Gasteiger partial charge in [0.1, 0.15) is 16.6 Å². The molecule has 2 saturated heterocycles. The summed E-state index contributed by atoms with van der Waals surface area (Å²) in [5.41, 5.74) is 0.0926. The number of para-hydroxylation sites is 1. The molecule has 1 atom stereocenters. The zero-order valence-electron chi connectivity index (χ0n) is 15.4. The maximum Gasteiger partial charge on any atom is 0.252 e. The monoisotopic (exact) mass is 406 g/mol. The maximum absolute atomic E-state index is 12.8. The molecule has 5 nitrogen and oxygen atoms in total. The fourth-order valence-electron chi connectivity index (χ4n) is 4.28. The summed E-state index contributed by atoms with van der Waals surface area (Å²) >= 11 is 1.30. The van der Waals surface area contributed by atoms with Crippen LogP contribution in [0.3, 0.4) is 0 Å². The van der Waals surface area contributed by atoms with Gasteiger partial charge in [0.2, 0.25) is 0 Å². The van der Waals surface area contributed by atoms with Gasteiger partial charge in [-0.2, -0.15) is 4.31 Å². The van der Waals surface area contributed by atoms with Gasteiger partial charge >= 0.3 is 0 Å². The number of benzene rings is 1. The molecule has 0 bridgehead atoms. The van der Waals surface area contributed by atoms with Gasteiger partial charge in [-0.3, -0.25) is 4.90 Å². The molecule has 0 N–H and O–H groups in total. The van der Waals surface area contributed by atoms with Crippen LogP contribution < -0.4 is 4.74 Å². The van der Waals surface area contributed by atoms with Gasteiger partial charge in [0.15, 0.2) is 0 Å². The zero-order chi connectivity index (χ0) is 18.7. The van der Waals surface area contributed by atoms with Gasteiger partial charge in [0, 0.05) is 26.2 Å². The number of rotatable bonds is 6. The van der Waals surface area contributed by atoms with Crippen LogP contribution in [0, 0.1) is 5.41 Å². The quantitative estimate of drug-likeness (QED) is 0.739. The molecule has 7 heteroatoms. The summed E-state index contributed by atoms with van der Waals surface area (Å²) in [6.45, 7) is 4.85. The molecular formula is C20H26N2O3S2. The molecule has 0 saturated carbocycles. The summed E-state index contributed by atoms with van der Waals surface area (Å²) in [5.74, 6) is 0.901. The lowest BCUT2D eigenvalue weighted by Gasteiger charge is -2.40. The highest BCUT2D eigenvalue weighted by Crippen LogP contribution is 2.41. The Kier molecular flexibility index (Phi) is 5.55. The van der Waals surface area contributed by atoms with Crippen LogP contribution >= 0.6 is 11.3 Å². The van der Waals surface area contributed by atoms with Gasteiger partial charge in [-0.25, -0.2) is 8.42 Å². The summed E-state index contributed by atoms with van der Waals surface area (Å²) in [5, 5.41) is 1.83. The predicted molar refractivity (Wildman–Crippen MR) is 108 cm³/mol. The first-order chi connectivity index (χ1) is 13.1. The van der Waals surface area contributed by atoms with E-state index in [4.69, 9.17) is 4.74 Å². The van der Waals surface area contributed by atoms with Crippen molar-refractivity contribution in [3.8, 4) is 5.75 Å². The van der Waals surface area contributed by atoms with Crippen molar-refractivity contribution in [2.75, 3.05) is 39.3 Å². The van der Waals surface area contributed by atoms with Crippen LogP contribution in [0.5, 0.6) is 5.75 Å². The molecule has 1 aromatic heterocycles. The van der Waals surface area contributed by atoms with Gasteiger partial charge in [0.25, 0.3) is 10.0 Å². The Morgan fingerprint density at radius 3 is 2.67 bits per heavy atom. The number of hydrogen-bond donors (Lipinski definition) is 0. The Labute approximate surface area is 165 Å². The number of piperidine rings is 1. The van der Waals surface area contributed by atoms with Crippen molar-refractivity contribution < 1.29 is 13.2 Å². The second kappa shape index (κ2) is 7.91. The van der Waals surface area contributed by atoms with Crippen LogP contribution in [-0.2, 0) is 10.0 Å². The van der Waals surface area contributed by atoms with E-state index in [0.717, 1.165) is 44.6 Å². The van der Waals surface area contributed by atoms with Crippen LogP contribution in [0.4, 0.5) is 0 Å². The predicted octanol–water partition coefficient (Wildman–Crippen LogP) is 3.30. The number of ether oxygens (including phenoxy) is 1. The summed E-state index contributed by atoms with van der Waals surface area (Å²) in [6, 6.07) is 13.4. The average Bonchev–Trinajstić information content (AvgIpc) is 3.34. The van der Waals surface area contributed by atoms with Crippen LogP contribution in [0.1, 0.15) is 19.3 Å². The minimum absolute atomic E-state index is 0.0926. The molecule has 3 heterocycles. The number of sulfonamides is 1. The smallest absolute Gasteiger partial charge is 0.252 e. The topological polar surface area (TPSA) is 49.9 Å². The third kappa shape index (κ3) is 4.21. The maximum atomic E-state index is 12.8. The van der Waals surface area contributed by atoms with E-state index in [1.807, 2.05) is 35.7 Å². The van der Waals surface area contributed by atoms with E-state index < -0.39 is 10.0 Å². The highest BCUT2D eigenvalue weighted by molar-refractivity contribution is 7.91. The third-order valence-electron chi connectivity index (χ3n) is 5.65. The Balaban J connectivity index is 1.34. The molecule has 0 radical (unpaired) electrons. The van der Waals surface area contributed by atoms with E-state index in [1.165, 1.54) is 11.3 Å².